The lowest BCUT2D eigenvalue weighted by Gasteiger charge is -2.32. The first-order chi connectivity index (χ1) is 13.6. The van der Waals surface area contributed by atoms with E-state index in [9.17, 15) is 4.79 Å². The van der Waals surface area contributed by atoms with Gasteiger partial charge in [0.05, 0.1) is 12.2 Å². The van der Waals surface area contributed by atoms with Crippen LogP contribution in [-0.2, 0) is 13.0 Å². The van der Waals surface area contributed by atoms with Gasteiger partial charge in [0, 0.05) is 12.6 Å². The Balaban J connectivity index is 1.51. The molecule has 0 saturated carbocycles. The maximum atomic E-state index is 12.5. The SMILES string of the molecule is CCc1ccc(Cn2nnc(C(=O)NCC[C@@H](C)N3CCCCC3)c2C)cc1. The van der Waals surface area contributed by atoms with Crippen molar-refractivity contribution < 1.29 is 4.79 Å². The van der Waals surface area contributed by atoms with Crippen LogP contribution in [-0.4, -0.2) is 51.5 Å². The van der Waals surface area contributed by atoms with E-state index in [0.29, 0.717) is 24.8 Å². The molecule has 3 rings (SSSR count). The highest BCUT2D eigenvalue weighted by Gasteiger charge is 2.19. The fourth-order valence-electron chi connectivity index (χ4n) is 3.79. The van der Waals surface area contributed by atoms with Gasteiger partial charge in [0.2, 0.25) is 0 Å². The van der Waals surface area contributed by atoms with E-state index in [1.807, 2.05) is 6.92 Å². The summed E-state index contributed by atoms with van der Waals surface area (Å²) in [5.41, 5.74) is 3.71. The van der Waals surface area contributed by atoms with Gasteiger partial charge < -0.3 is 10.2 Å². The molecule has 1 aromatic heterocycles. The molecular weight excluding hydrogens is 350 g/mol. The highest BCUT2D eigenvalue weighted by molar-refractivity contribution is 5.93. The molecule has 1 aliphatic heterocycles. The highest BCUT2D eigenvalue weighted by atomic mass is 16.2. The van der Waals surface area contributed by atoms with E-state index >= 15 is 0 Å². The molecule has 152 valence electrons. The van der Waals surface area contributed by atoms with Crippen LogP contribution in [0.15, 0.2) is 24.3 Å². The number of rotatable bonds is 8. The molecule has 0 bridgehead atoms. The second-order valence-electron chi connectivity index (χ2n) is 7.84. The van der Waals surface area contributed by atoms with Gasteiger partial charge in [-0.3, -0.25) is 4.79 Å². The zero-order valence-corrected chi connectivity index (χ0v) is 17.4. The number of hydrogen-bond acceptors (Lipinski definition) is 4. The average molecular weight is 384 g/mol. The van der Waals surface area contributed by atoms with Gasteiger partial charge >= 0.3 is 0 Å². The molecule has 6 heteroatoms. The van der Waals surface area contributed by atoms with E-state index in [-0.39, 0.29) is 5.91 Å². The van der Waals surface area contributed by atoms with Crippen molar-refractivity contribution in [3.8, 4) is 0 Å². The van der Waals surface area contributed by atoms with Gasteiger partial charge in [-0.25, -0.2) is 4.68 Å². The molecule has 1 aliphatic rings. The summed E-state index contributed by atoms with van der Waals surface area (Å²) in [4.78, 5) is 15.1. The number of likely N-dealkylation sites (tertiary alicyclic amines) is 1. The quantitative estimate of drug-likeness (QED) is 0.760. The Bertz CT molecular complexity index is 762. The number of piperidine rings is 1. The molecule has 0 radical (unpaired) electrons. The summed E-state index contributed by atoms with van der Waals surface area (Å²) in [5, 5.41) is 11.3. The molecule has 1 amide bonds. The minimum absolute atomic E-state index is 0.129. The number of aryl methyl sites for hydroxylation is 1. The second-order valence-corrected chi connectivity index (χ2v) is 7.84. The first kappa shape index (κ1) is 20.5. The minimum atomic E-state index is -0.129. The third-order valence-electron chi connectivity index (χ3n) is 5.82. The molecule has 1 aromatic carbocycles. The van der Waals surface area contributed by atoms with E-state index in [2.05, 4.69) is 58.6 Å². The number of hydrogen-bond donors (Lipinski definition) is 1. The van der Waals surface area contributed by atoms with Crippen LogP contribution >= 0.6 is 0 Å². The molecule has 1 atom stereocenters. The van der Waals surface area contributed by atoms with Gasteiger partial charge in [-0.15, -0.1) is 5.10 Å². The van der Waals surface area contributed by atoms with Crippen molar-refractivity contribution in [2.75, 3.05) is 19.6 Å². The Morgan fingerprint density at radius 1 is 1.14 bits per heavy atom. The Labute approximate surface area is 168 Å². The number of nitrogens with zero attached hydrogens (tertiary/aromatic N) is 4. The Morgan fingerprint density at radius 3 is 2.50 bits per heavy atom. The first-order valence-electron chi connectivity index (χ1n) is 10.6. The summed E-state index contributed by atoms with van der Waals surface area (Å²) in [7, 11) is 0. The molecule has 0 spiro atoms. The van der Waals surface area contributed by atoms with Gasteiger partial charge in [-0.1, -0.05) is 42.8 Å². The fraction of sp³-hybridized carbons (Fsp3) is 0.591. The smallest absolute Gasteiger partial charge is 0.273 e. The molecule has 1 saturated heterocycles. The van der Waals surface area contributed by atoms with Crippen molar-refractivity contribution in [3.05, 3.63) is 46.8 Å². The third-order valence-corrected chi connectivity index (χ3v) is 5.82. The van der Waals surface area contributed by atoms with Crippen LogP contribution in [0.5, 0.6) is 0 Å². The molecule has 2 heterocycles. The largest absolute Gasteiger partial charge is 0.351 e. The molecule has 0 aliphatic carbocycles. The number of amides is 1. The van der Waals surface area contributed by atoms with Crippen LogP contribution in [0.3, 0.4) is 0 Å². The molecular formula is C22H33N5O. The van der Waals surface area contributed by atoms with Crippen LogP contribution in [0.4, 0.5) is 0 Å². The Hall–Kier alpha value is -2.21. The average Bonchev–Trinajstić information content (AvgIpc) is 3.09. The van der Waals surface area contributed by atoms with Crippen LogP contribution in [0.2, 0.25) is 0 Å². The van der Waals surface area contributed by atoms with Gasteiger partial charge in [0.15, 0.2) is 5.69 Å². The molecule has 1 N–H and O–H groups in total. The topological polar surface area (TPSA) is 63.1 Å². The van der Waals surface area contributed by atoms with E-state index in [4.69, 9.17) is 0 Å². The Morgan fingerprint density at radius 2 is 1.82 bits per heavy atom. The van der Waals surface area contributed by atoms with Crippen LogP contribution < -0.4 is 5.32 Å². The molecule has 2 aromatic rings. The molecule has 0 unspecified atom stereocenters. The lowest BCUT2D eigenvalue weighted by atomic mass is 10.1. The predicted molar refractivity (Wildman–Crippen MR) is 112 cm³/mol. The van der Waals surface area contributed by atoms with Gasteiger partial charge in [0.25, 0.3) is 5.91 Å². The summed E-state index contributed by atoms with van der Waals surface area (Å²) in [6.45, 7) is 9.97. The summed E-state index contributed by atoms with van der Waals surface area (Å²) in [5.74, 6) is -0.129. The lowest BCUT2D eigenvalue weighted by molar-refractivity contribution is 0.0940. The maximum absolute atomic E-state index is 12.5. The van der Waals surface area contributed by atoms with Gasteiger partial charge in [0.1, 0.15) is 0 Å². The maximum Gasteiger partial charge on any atom is 0.273 e. The lowest BCUT2D eigenvalue weighted by Crippen LogP contribution is -2.39. The Kier molecular flexibility index (Phi) is 7.20. The fourth-order valence-corrected chi connectivity index (χ4v) is 3.79. The number of aromatic nitrogens is 3. The number of carbonyl (C=O) groups excluding carboxylic acids is 1. The highest BCUT2D eigenvalue weighted by Crippen LogP contribution is 2.14. The third kappa shape index (κ3) is 5.19. The molecule has 6 nitrogen and oxygen atoms in total. The summed E-state index contributed by atoms with van der Waals surface area (Å²) in [6.07, 6.45) is 5.92. The standard InChI is InChI=1S/C22H33N5O/c1-4-19-8-10-20(11-9-19)16-27-18(3)21(24-25-27)22(28)23-13-12-17(2)26-14-6-5-7-15-26/h8-11,17H,4-7,12-16H2,1-3H3,(H,23,28)/t17-/m1/s1. The van der Waals surface area contributed by atoms with Crippen molar-refractivity contribution in [2.24, 2.45) is 0 Å². The molecule has 28 heavy (non-hydrogen) atoms. The van der Waals surface area contributed by atoms with Crippen molar-refractivity contribution >= 4 is 5.91 Å². The predicted octanol–water partition coefficient (Wildman–Crippen LogP) is 3.19. The summed E-state index contributed by atoms with van der Waals surface area (Å²) < 4.78 is 1.80. The normalized spacial score (nSPS) is 16.1. The monoisotopic (exact) mass is 383 g/mol. The van der Waals surface area contributed by atoms with Crippen molar-refractivity contribution in [3.63, 3.8) is 0 Å². The summed E-state index contributed by atoms with van der Waals surface area (Å²) in [6, 6.07) is 9.00. The van der Waals surface area contributed by atoms with Gasteiger partial charge in [-0.05, 0) is 63.7 Å². The second kappa shape index (κ2) is 9.82. The first-order valence-corrected chi connectivity index (χ1v) is 10.6. The van der Waals surface area contributed by atoms with Crippen LogP contribution in [0, 0.1) is 6.92 Å². The van der Waals surface area contributed by atoms with E-state index in [0.717, 1.165) is 24.1 Å². The number of nitrogens with one attached hydrogen (secondary N) is 1. The van der Waals surface area contributed by atoms with Crippen molar-refractivity contribution in [1.29, 1.82) is 0 Å². The number of benzene rings is 1. The summed E-state index contributed by atoms with van der Waals surface area (Å²) >= 11 is 0. The van der Waals surface area contributed by atoms with E-state index < -0.39 is 0 Å². The zero-order valence-electron chi connectivity index (χ0n) is 17.4. The molecule has 1 fully saturated rings. The van der Waals surface area contributed by atoms with E-state index in [1.165, 1.54) is 37.9 Å². The van der Waals surface area contributed by atoms with E-state index in [1.54, 1.807) is 4.68 Å². The van der Waals surface area contributed by atoms with Crippen molar-refractivity contribution in [1.82, 2.24) is 25.2 Å². The van der Waals surface area contributed by atoms with Crippen LogP contribution in [0.1, 0.15) is 66.8 Å². The van der Waals surface area contributed by atoms with Crippen LogP contribution in [0.25, 0.3) is 0 Å². The van der Waals surface area contributed by atoms with Gasteiger partial charge in [-0.2, -0.15) is 0 Å². The number of carbonyl (C=O) groups is 1. The minimum Gasteiger partial charge on any atom is -0.351 e. The zero-order chi connectivity index (χ0) is 19.9. The van der Waals surface area contributed by atoms with Crippen molar-refractivity contribution in [2.45, 2.75) is 65.5 Å².